The highest BCUT2D eigenvalue weighted by atomic mass is 32.2. The van der Waals surface area contributed by atoms with Gasteiger partial charge in [0.25, 0.3) is 0 Å². The van der Waals surface area contributed by atoms with Crippen LogP contribution < -0.4 is 10.1 Å². The summed E-state index contributed by atoms with van der Waals surface area (Å²) in [5, 5.41) is 13.9. The maximum atomic E-state index is 12.6. The van der Waals surface area contributed by atoms with Gasteiger partial charge >= 0.3 is 0 Å². The number of carbonyl (C=O) groups excluding carboxylic acids is 1. The number of methoxy groups -OCH3 is 1. The number of nitrogens with zero attached hydrogens (tertiary/aromatic N) is 3. The summed E-state index contributed by atoms with van der Waals surface area (Å²) in [7, 11) is 3.52. The molecule has 0 radical (unpaired) electrons. The molecule has 1 aromatic carbocycles. The maximum absolute atomic E-state index is 12.6. The lowest BCUT2D eigenvalue weighted by Crippen LogP contribution is -2.23. The van der Waals surface area contributed by atoms with Crippen LogP contribution in [-0.2, 0) is 18.3 Å². The molecular formula is C19H22N4O2S2. The molecule has 2 aromatic heterocycles. The highest BCUT2D eigenvalue weighted by Crippen LogP contribution is 2.28. The van der Waals surface area contributed by atoms with Crippen molar-refractivity contribution in [3.05, 3.63) is 52.0 Å². The molecule has 1 atom stereocenters. The van der Waals surface area contributed by atoms with Crippen LogP contribution in [0.4, 0.5) is 5.69 Å². The van der Waals surface area contributed by atoms with Gasteiger partial charge in [-0.15, -0.1) is 21.5 Å². The van der Waals surface area contributed by atoms with Crippen LogP contribution in [0.3, 0.4) is 0 Å². The van der Waals surface area contributed by atoms with Crippen LogP contribution >= 0.6 is 23.1 Å². The predicted molar refractivity (Wildman–Crippen MR) is 110 cm³/mol. The number of anilines is 1. The number of amides is 1. The maximum Gasteiger partial charge on any atom is 0.237 e. The fourth-order valence-corrected chi connectivity index (χ4v) is 4.07. The molecule has 0 fully saturated rings. The first-order valence-electron chi connectivity index (χ1n) is 8.50. The van der Waals surface area contributed by atoms with Crippen molar-refractivity contribution in [2.45, 2.75) is 30.7 Å². The number of benzene rings is 1. The van der Waals surface area contributed by atoms with E-state index in [0.29, 0.717) is 11.4 Å². The molecule has 142 valence electrons. The lowest BCUT2D eigenvalue weighted by molar-refractivity contribution is -0.115. The fourth-order valence-electron chi connectivity index (χ4n) is 2.54. The number of aromatic nitrogens is 3. The molecular weight excluding hydrogens is 380 g/mol. The predicted octanol–water partition coefficient (Wildman–Crippen LogP) is 3.90. The van der Waals surface area contributed by atoms with Gasteiger partial charge in [0, 0.05) is 18.3 Å². The SMILES string of the molecule is COc1ccc(C)cc1NC(=O)[C@@H](C)Sc1nnc(Cc2cccs2)n1C. The summed E-state index contributed by atoms with van der Waals surface area (Å²) in [6.45, 7) is 3.83. The van der Waals surface area contributed by atoms with Crippen molar-refractivity contribution >= 4 is 34.7 Å². The highest BCUT2D eigenvalue weighted by Gasteiger charge is 2.20. The number of ether oxygens (including phenoxy) is 1. The lowest BCUT2D eigenvalue weighted by atomic mass is 10.2. The standard InChI is InChI=1S/C19H22N4O2S2/c1-12-7-8-16(25-4)15(10-12)20-18(24)13(2)27-19-22-21-17(23(19)3)11-14-6-5-9-26-14/h5-10,13H,11H2,1-4H3,(H,20,24)/t13-/m1/s1. The first-order valence-corrected chi connectivity index (χ1v) is 10.3. The molecule has 3 aromatic rings. The highest BCUT2D eigenvalue weighted by molar-refractivity contribution is 8.00. The minimum absolute atomic E-state index is 0.105. The van der Waals surface area contributed by atoms with E-state index in [1.165, 1.54) is 16.6 Å². The van der Waals surface area contributed by atoms with Crippen LogP contribution in [0.15, 0.2) is 40.9 Å². The first-order chi connectivity index (χ1) is 13.0. The lowest BCUT2D eigenvalue weighted by Gasteiger charge is -2.14. The topological polar surface area (TPSA) is 69.0 Å². The van der Waals surface area contributed by atoms with Gasteiger partial charge < -0.3 is 14.6 Å². The number of thioether (sulfide) groups is 1. The minimum atomic E-state index is -0.326. The smallest absolute Gasteiger partial charge is 0.237 e. The molecule has 0 spiro atoms. The quantitative estimate of drug-likeness (QED) is 0.607. The number of rotatable bonds is 7. The Morgan fingerprint density at radius 1 is 1.37 bits per heavy atom. The van der Waals surface area contributed by atoms with E-state index >= 15 is 0 Å². The summed E-state index contributed by atoms with van der Waals surface area (Å²) < 4.78 is 7.27. The summed E-state index contributed by atoms with van der Waals surface area (Å²) >= 11 is 3.08. The molecule has 0 saturated carbocycles. The van der Waals surface area contributed by atoms with Crippen LogP contribution in [0.2, 0.25) is 0 Å². The molecule has 1 amide bonds. The Balaban J connectivity index is 1.67. The third kappa shape index (κ3) is 4.70. The monoisotopic (exact) mass is 402 g/mol. The van der Waals surface area contributed by atoms with Gasteiger partial charge in [0.05, 0.1) is 18.0 Å². The Morgan fingerprint density at radius 3 is 2.89 bits per heavy atom. The van der Waals surface area contributed by atoms with E-state index in [9.17, 15) is 4.79 Å². The van der Waals surface area contributed by atoms with Gasteiger partial charge in [-0.05, 0) is 43.0 Å². The van der Waals surface area contributed by atoms with Gasteiger partial charge in [0.2, 0.25) is 5.91 Å². The molecule has 6 nitrogen and oxygen atoms in total. The van der Waals surface area contributed by atoms with Crippen molar-refractivity contribution in [3.8, 4) is 5.75 Å². The van der Waals surface area contributed by atoms with Gasteiger partial charge in [0.15, 0.2) is 5.16 Å². The molecule has 1 N–H and O–H groups in total. The molecule has 3 rings (SSSR count). The zero-order valence-electron chi connectivity index (χ0n) is 15.7. The average molecular weight is 403 g/mol. The normalized spacial score (nSPS) is 12.0. The summed E-state index contributed by atoms with van der Waals surface area (Å²) in [5.41, 5.74) is 1.73. The van der Waals surface area contributed by atoms with Gasteiger partial charge in [-0.1, -0.05) is 23.9 Å². The Labute approximate surface area is 167 Å². The zero-order chi connectivity index (χ0) is 19.4. The number of hydrogen-bond donors (Lipinski definition) is 1. The third-order valence-corrected chi connectivity index (χ3v) is 6.11. The van der Waals surface area contributed by atoms with Gasteiger partial charge in [-0.3, -0.25) is 4.79 Å². The zero-order valence-corrected chi connectivity index (χ0v) is 17.4. The van der Waals surface area contributed by atoms with E-state index in [1.54, 1.807) is 18.4 Å². The Morgan fingerprint density at radius 2 is 2.19 bits per heavy atom. The van der Waals surface area contributed by atoms with Crippen molar-refractivity contribution in [2.24, 2.45) is 7.05 Å². The van der Waals surface area contributed by atoms with Crippen molar-refractivity contribution in [2.75, 3.05) is 12.4 Å². The van der Waals surface area contributed by atoms with E-state index < -0.39 is 0 Å². The van der Waals surface area contributed by atoms with Crippen LogP contribution in [-0.4, -0.2) is 33.0 Å². The second-order valence-electron chi connectivity index (χ2n) is 6.17. The molecule has 0 aliphatic heterocycles. The van der Waals surface area contributed by atoms with Gasteiger partial charge in [-0.25, -0.2) is 0 Å². The Hall–Kier alpha value is -2.32. The Kier molecular flexibility index (Phi) is 6.18. The largest absolute Gasteiger partial charge is 0.495 e. The molecule has 8 heteroatoms. The number of hydrogen-bond acceptors (Lipinski definition) is 6. The van der Waals surface area contributed by atoms with Crippen molar-refractivity contribution in [1.29, 1.82) is 0 Å². The third-order valence-electron chi connectivity index (χ3n) is 4.10. The molecule has 2 heterocycles. The van der Waals surface area contributed by atoms with E-state index in [2.05, 4.69) is 21.6 Å². The average Bonchev–Trinajstić information content (AvgIpc) is 3.27. The molecule has 0 unspecified atom stereocenters. The first kappa shape index (κ1) is 19.4. The van der Waals surface area contributed by atoms with E-state index in [1.807, 2.05) is 55.1 Å². The number of aryl methyl sites for hydroxylation is 1. The van der Waals surface area contributed by atoms with Crippen molar-refractivity contribution in [3.63, 3.8) is 0 Å². The number of thiophene rings is 1. The second kappa shape index (κ2) is 8.58. The van der Waals surface area contributed by atoms with Crippen LogP contribution in [0, 0.1) is 6.92 Å². The van der Waals surface area contributed by atoms with Crippen LogP contribution in [0.5, 0.6) is 5.75 Å². The molecule has 0 aliphatic rings. The summed E-state index contributed by atoms with van der Waals surface area (Å²) in [6, 6.07) is 9.80. The van der Waals surface area contributed by atoms with Crippen molar-refractivity contribution in [1.82, 2.24) is 14.8 Å². The van der Waals surface area contributed by atoms with Gasteiger partial charge in [-0.2, -0.15) is 0 Å². The van der Waals surface area contributed by atoms with E-state index in [0.717, 1.165) is 23.0 Å². The summed E-state index contributed by atoms with van der Waals surface area (Å²) in [6.07, 6.45) is 0.739. The van der Waals surface area contributed by atoms with Crippen molar-refractivity contribution < 1.29 is 9.53 Å². The number of carbonyl (C=O) groups is 1. The van der Waals surface area contributed by atoms with Crippen LogP contribution in [0.25, 0.3) is 0 Å². The molecule has 27 heavy (non-hydrogen) atoms. The molecule has 0 saturated heterocycles. The fraction of sp³-hybridized carbons (Fsp3) is 0.316. The van der Waals surface area contributed by atoms with Gasteiger partial charge in [0.1, 0.15) is 11.6 Å². The van der Waals surface area contributed by atoms with E-state index in [-0.39, 0.29) is 11.2 Å². The Bertz CT molecular complexity index is 922. The number of nitrogens with one attached hydrogen (secondary N) is 1. The molecule has 0 bridgehead atoms. The van der Waals surface area contributed by atoms with Crippen LogP contribution in [0.1, 0.15) is 23.2 Å². The summed E-state index contributed by atoms with van der Waals surface area (Å²) in [5.74, 6) is 1.42. The minimum Gasteiger partial charge on any atom is -0.495 e. The molecule has 0 aliphatic carbocycles. The summed E-state index contributed by atoms with van der Waals surface area (Å²) in [4.78, 5) is 13.9. The van der Waals surface area contributed by atoms with E-state index in [4.69, 9.17) is 4.74 Å². The second-order valence-corrected chi connectivity index (χ2v) is 8.51.